The molecule has 2 rings (SSSR count). The van der Waals surface area contributed by atoms with Gasteiger partial charge in [-0.15, -0.1) is 0 Å². The van der Waals surface area contributed by atoms with Crippen molar-refractivity contribution in [1.82, 2.24) is 9.97 Å². The van der Waals surface area contributed by atoms with Gasteiger partial charge >= 0.3 is 0 Å². The van der Waals surface area contributed by atoms with E-state index < -0.39 is 0 Å². The number of thioether (sulfide) groups is 1. The SMILES string of the molecule is COc1cnc(NCC2(C)CCCS2)nc1. The van der Waals surface area contributed by atoms with E-state index in [-0.39, 0.29) is 0 Å². The first-order chi connectivity index (χ1) is 7.72. The van der Waals surface area contributed by atoms with Crippen molar-refractivity contribution in [2.75, 3.05) is 24.7 Å². The molecule has 1 aromatic heterocycles. The first-order valence-corrected chi connectivity index (χ1v) is 6.44. The summed E-state index contributed by atoms with van der Waals surface area (Å²) in [5.74, 6) is 2.63. The van der Waals surface area contributed by atoms with Gasteiger partial charge in [-0.25, -0.2) is 9.97 Å². The van der Waals surface area contributed by atoms with Crippen LogP contribution in [0.15, 0.2) is 12.4 Å². The van der Waals surface area contributed by atoms with Gasteiger partial charge in [-0.3, -0.25) is 0 Å². The first kappa shape index (κ1) is 11.5. The summed E-state index contributed by atoms with van der Waals surface area (Å²) < 4.78 is 5.35. The van der Waals surface area contributed by atoms with Crippen molar-refractivity contribution in [3.8, 4) is 5.75 Å². The normalized spacial score (nSPS) is 24.4. The van der Waals surface area contributed by atoms with Gasteiger partial charge in [0.1, 0.15) is 0 Å². The zero-order chi connectivity index (χ0) is 11.4. The number of anilines is 1. The number of hydrogen-bond donors (Lipinski definition) is 1. The Hall–Kier alpha value is -0.970. The number of ether oxygens (including phenoxy) is 1. The molecule has 1 fully saturated rings. The molecule has 0 aliphatic carbocycles. The highest BCUT2D eigenvalue weighted by atomic mass is 32.2. The molecule has 88 valence electrons. The highest BCUT2D eigenvalue weighted by Gasteiger charge is 2.29. The molecular weight excluding hydrogens is 222 g/mol. The Balaban J connectivity index is 1.89. The topological polar surface area (TPSA) is 47.0 Å². The van der Waals surface area contributed by atoms with Crippen LogP contribution in [-0.2, 0) is 0 Å². The number of rotatable bonds is 4. The number of nitrogens with zero attached hydrogens (tertiary/aromatic N) is 2. The van der Waals surface area contributed by atoms with Crippen LogP contribution in [0.5, 0.6) is 5.75 Å². The Morgan fingerprint density at radius 1 is 1.50 bits per heavy atom. The fourth-order valence-electron chi connectivity index (χ4n) is 1.76. The molecule has 16 heavy (non-hydrogen) atoms. The summed E-state index contributed by atoms with van der Waals surface area (Å²) in [5, 5.41) is 3.28. The average Bonchev–Trinajstić information content (AvgIpc) is 2.75. The van der Waals surface area contributed by atoms with Crippen molar-refractivity contribution >= 4 is 17.7 Å². The van der Waals surface area contributed by atoms with Gasteiger partial charge < -0.3 is 10.1 Å². The van der Waals surface area contributed by atoms with Crippen molar-refractivity contribution in [2.45, 2.75) is 24.5 Å². The lowest BCUT2D eigenvalue weighted by molar-refractivity contribution is 0.411. The van der Waals surface area contributed by atoms with Gasteiger partial charge in [0.15, 0.2) is 5.75 Å². The zero-order valence-corrected chi connectivity index (χ0v) is 10.5. The van der Waals surface area contributed by atoms with Gasteiger partial charge in [-0.1, -0.05) is 0 Å². The van der Waals surface area contributed by atoms with Crippen LogP contribution in [-0.4, -0.2) is 34.1 Å². The third kappa shape index (κ3) is 2.78. The van der Waals surface area contributed by atoms with Gasteiger partial charge in [0.2, 0.25) is 5.95 Å². The van der Waals surface area contributed by atoms with Crippen LogP contribution in [0.1, 0.15) is 19.8 Å². The van der Waals surface area contributed by atoms with Crippen molar-refractivity contribution < 1.29 is 4.74 Å². The largest absolute Gasteiger partial charge is 0.494 e. The predicted molar refractivity (Wildman–Crippen MR) is 67.2 cm³/mol. The van der Waals surface area contributed by atoms with Crippen molar-refractivity contribution in [3.05, 3.63) is 12.4 Å². The monoisotopic (exact) mass is 239 g/mol. The van der Waals surface area contributed by atoms with Gasteiger partial charge in [-0.2, -0.15) is 11.8 Å². The summed E-state index contributed by atoms with van der Waals surface area (Å²) in [6.45, 7) is 3.21. The zero-order valence-electron chi connectivity index (χ0n) is 9.69. The molecule has 1 N–H and O–H groups in total. The second kappa shape index (κ2) is 4.91. The molecule has 0 spiro atoms. The molecule has 1 atom stereocenters. The lowest BCUT2D eigenvalue weighted by Crippen LogP contribution is -2.27. The number of hydrogen-bond acceptors (Lipinski definition) is 5. The van der Waals surface area contributed by atoms with Crippen molar-refractivity contribution in [1.29, 1.82) is 0 Å². The minimum Gasteiger partial charge on any atom is -0.494 e. The number of aromatic nitrogens is 2. The maximum absolute atomic E-state index is 5.01. The summed E-state index contributed by atoms with van der Waals surface area (Å²) in [4.78, 5) is 8.37. The van der Waals surface area contributed by atoms with Crippen LogP contribution in [0.2, 0.25) is 0 Å². The van der Waals surface area contributed by atoms with E-state index in [1.807, 2.05) is 11.8 Å². The molecule has 0 bridgehead atoms. The maximum Gasteiger partial charge on any atom is 0.222 e. The molecule has 1 aliphatic rings. The summed E-state index contributed by atoms with van der Waals surface area (Å²) in [5.41, 5.74) is 0. The van der Waals surface area contributed by atoms with E-state index >= 15 is 0 Å². The fourth-order valence-corrected chi connectivity index (χ4v) is 3.00. The molecule has 0 amide bonds. The van der Waals surface area contributed by atoms with Crippen LogP contribution >= 0.6 is 11.8 Å². The summed E-state index contributed by atoms with van der Waals surface area (Å²) in [6.07, 6.45) is 5.94. The second-order valence-corrected chi connectivity index (χ2v) is 5.88. The highest BCUT2D eigenvalue weighted by Crippen LogP contribution is 2.37. The van der Waals surface area contributed by atoms with Gasteiger partial charge in [0.05, 0.1) is 19.5 Å². The van der Waals surface area contributed by atoms with Crippen molar-refractivity contribution in [3.63, 3.8) is 0 Å². The van der Waals surface area contributed by atoms with Gasteiger partial charge in [-0.05, 0) is 25.5 Å². The van der Waals surface area contributed by atoms with E-state index in [4.69, 9.17) is 4.74 Å². The minimum absolute atomic E-state index is 0.337. The van der Waals surface area contributed by atoms with Crippen molar-refractivity contribution in [2.24, 2.45) is 0 Å². The molecular formula is C11H17N3OS. The molecule has 1 unspecified atom stereocenters. The second-order valence-electron chi connectivity index (χ2n) is 4.20. The third-order valence-corrected chi connectivity index (χ3v) is 4.32. The lowest BCUT2D eigenvalue weighted by Gasteiger charge is -2.22. The summed E-state index contributed by atoms with van der Waals surface area (Å²) in [6, 6.07) is 0. The molecule has 5 heteroatoms. The van der Waals surface area contributed by atoms with Crippen LogP contribution in [0, 0.1) is 0 Å². The lowest BCUT2D eigenvalue weighted by atomic mass is 10.1. The molecule has 0 saturated carbocycles. The molecule has 1 saturated heterocycles. The Labute approximate surface area is 100 Å². The molecule has 1 aromatic rings. The summed E-state index contributed by atoms with van der Waals surface area (Å²) >= 11 is 2.03. The van der Waals surface area contributed by atoms with E-state index in [1.165, 1.54) is 18.6 Å². The van der Waals surface area contributed by atoms with Crippen LogP contribution in [0.4, 0.5) is 5.95 Å². The Kier molecular flexibility index (Phi) is 3.53. The third-order valence-electron chi connectivity index (χ3n) is 2.78. The molecule has 0 aromatic carbocycles. The van der Waals surface area contributed by atoms with Crippen LogP contribution < -0.4 is 10.1 Å². The first-order valence-electron chi connectivity index (χ1n) is 5.46. The molecule has 2 heterocycles. The fraction of sp³-hybridized carbons (Fsp3) is 0.636. The van der Waals surface area contributed by atoms with E-state index in [0.717, 1.165) is 6.54 Å². The van der Waals surface area contributed by atoms with Crippen LogP contribution in [0.25, 0.3) is 0 Å². The maximum atomic E-state index is 5.01. The quantitative estimate of drug-likeness (QED) is 0.872. The smallest absolute Gasteiger partial charge is 0.222 e. The van der Waals surface area contributed by atoms with Crippen LogP contribution in [0.3, 0.4) is 0 Å². The minimum atomic E-state index is 0.337. The Morgan fingerprint density at radius 2 is 2.25 bits per heavy atom. The van der Waals surface area contributed by atoms with Gasteiger partial charge in [0.25, 0.3) is 0 Å². The van der Waals surface area contributed by atoms with Gasteiger partial charge in [0, 0.05) is 11.3 Å². The highest BCUT2D eigenvalue weighted by molar-refractivity contribution is 8.00. The standard InChI is InChI=1S/C11H17N3OS/c1-11(4-3-5-16-11)8-14-10-12-6-9(15-2)7-13-10/h6-7H,3-5,8H2,1-2H3,(H,12,13,14). The average molecular weight is 239 g/mol. The number of methoxy groups -OCH3 is 1. The number of nitrogens with one attached hydrogen (secondary N) is 1. The van der Waals surface area contributed by atoms with E-state index in [1.54, 1.807) is 19.5 Å². The van der Waals surface area contributed by atoms with E-state index in [9.17, 15) is 0 Å². The Morgan fingerprint density at radius 3 is 2.81 bits per heavy atom. The molecule has 4 nitrogen and oxygen atoms in total. The van der Waals surface area contributed by atoms with E-state index in [0.29, 0.717) is 16.4 Å². The van der Waals surface area contributed by atoms with E-state index in [2.05, 4.69) is 22.2 Å². The molecule has 1 aliphatic heterocycles. The molecule has 0 radical (unpaired) electrons. The summed E-state index contributed by atoms with van der Waals surface area (Å²) in [7, 11) is 1.61. The Bertz CT molecular complexity index is 336. The predicted octanol–water partition coefficient (Wildman–Crippen LogP) is 2.18.